The van der Waals surface area contributed by atoms with E-state index in [0.29, 0.717) is 18.5 Å². The van der Waals surface area contributed by atoms with E-state index in [2.05, 4.69) is 31.3 Å². The van der Waals surface area contributed by atoms with Crippen molar-refractivity contribution in [1.82, 2.24) is 13.3 Å². The topological polar surface area (TPSA) is 35.6 Å². The molecule has 3 atom stereocenters. The molecule has 2 aliphatic rings. The molecule has 5 heteroatoms. The van der Waals surface area contributed by atoms with Crippen molar-refractivity contribution in [3.8, 4) is 0 Å². The van der Waals surface area contributed by atoms with Gasteiger partial charge in [-0.3, -0.25) is 4.79 Å². The van der Waals surface area contributed by atoms with Gasteiger partial charge in [-0.2, -0.15) is 0 Å². The first-order chi connectivity index (χ1) is 7.59. The van der Waals surface area contributed by atoms with E-state index in [1.54, 1.807) is 4.90 Å². The lowest BCUT2D eigenvalue weighted by molar-refractivity contribution is -0.128. The molecule has 2 bridgehead atoms. The minimum absolute atomic E-state index is 0.210. The third kappa shape index (κ3) is 2.51. The molecular weight excluding hydrogens is 317 g/mol. The monoisotopic (exact) mass is 337 g/mol. The average Bonchev–Trinajstić information content (AvgIpc) is 2.74. The van der Waals surface area contributed by atoms with Crippen LogP contribution in [0.2, 0.25) is 0 Å². The molecule has 2 aliphatic heterocycles. The maximum atomic E-state index is 11.4. The predicted octanol–water partition coefficient (Wildman–Crippen LogP) is 1.01. The first-order valence-electron chi connectivity index (χ1n) is 5.97. The molecule has 2 rings (SSSR count). The van der Waals surface area contributed by atoms with Crippen LogP contribution in [0, 0.1) is 0 Å². The molecule has 0 aliphatic carbocycles. The average molecular weight is 337 g/mol. The summed E-state index contributed by atoms with van der Waals surface area (Å²) in [4.78, 5) is 13.1. The third-order valence-corrected chi connectivity index (χ3v) is 5.20. The highest BCUT2D eigenvalue weighted by atomic mass is 127. The van der Waals surface area contributed by atoms with Gasteiger partial charge >= 0.3 is 0 Å². The predicted molar refractivity (Wildman–Crippen MR) is 72.4 cm³/mol. The minimum Gasteiger partial charge on any atom is -0.349 e. The molecule has 2 heterocycles. The number of nitrogens with one attached hydrogen (secondary N) is 1. The van der Waals surface area contributed by atoms with Crippen molar-refractivity contribution >= 4 is 28.8 Å². The molecule has 16 heavy (non-hydrogen) atoms. The Hall–Kier alpha value is 0.120. The maximum absolute atomic E-state index is 11.4. The summed E-state index contributed by atoms with van der Waals surface area (Å²) in [6, 6.07) is 2.07. The summed E-state index contributed by atoms with van der Waals surface area (Å²) < 4.78 is 2.48. The standard InChI is InChI=1S/C11H20IN3O/c1-14(2)11(16)5-6-13-9-7-8-3-4-10(9)15(8)12/h8-10,13H,3-7H2,1-2H3/t8-,9?,10+/m1/s1. The van der Waals surface area contributed by atoms with E-state index in [-0.39, 0.29) is 5.91 Å². The smallest absolute Gasteiger partial charge is 0.223 e. The molecule has 4 nitrogen and oxygen atoms in total. The molecule has 1 unspecified atom stereocenters. The van der Waals surface area contributed by atoms with E-state index in [1.165, 1.54) is 19.3 Å². The molecule has 2 saturated heterocycles. The van der Waals surface area contributed by atoms with Crippen LogP contribution in [0.1, 0.15) is 25.7 Å². The first kappa shape index (κ1) is 12.6. The molecule has 92 valence electrons. The Morgan fingerprint density at radius 2 is 2.25 bits per heavy atom. The Balaban J connectivity index is 1.70. The zero-order chi connectivity index (χ0) is 11.7. The number of carbonyl (C=O) groups is 1. The van der Waals surface area contributed by atoms with Gasteiger partial charge in [0.15, 0.2) is 0 Å². The van der Waals surface area contributed by atoms with E-state index in [1.807, 2.05) is 14.1 Å². The van der Waals surface area contributed by atoms with Crippen molar-refractivity contribution in [2.45, 2.75) is 43.8 Å². The van der Waals surface area contributed by atoms with Crippen molar-refractivity contribution in [3.05, 3.63) is 0 Å². The molecule has 0 saturated carbocycles. The zero-order valence-corrected chi connectivity index (χ0v) is 12.1. The summed E-state index contributed by atoms with van der Waals surface area (Å²) in [6.07, 6.45) is 4.53. The number of carbonyl (C=O) groups excluding carboxylic acids is 1. The summed E-state index contributed by atoms with van der Waals surface area (Å²) in [5.74, 6) is 0.210. The quantitative estimate of drug-likeness (QED) is 0.614. The second kappa shape index (κ2) is 5.18. The molecule has 2 fully saturated rings. The van der Waals surface area contributed by atoms with Crippen LogP contribution in [-0.4, -0.2) is 52.7 Å². The number of halogens is 1. The zero-order valence-electron chi connectivity index (χ0n) is 9.95. The van der Waals surface area contributed by atoms with Gasteiger partial charge in [0.05, 0.1) is 0 Å². The number of rotatable bonds is 4. The first-order valence-corrected chi connectivity index (χ1v) is 6.93. The van der Waals surface area contributed by atoms with Crippen LogP contribution in [0.4, 0.5) is 0 Å². The highest BCUT2D eigenvalue weighted by Gasteiger charge is 2.44. The Bertz CT molecular complexity index is 272. The van der Waals surface area contributed by atoms with Crippen LogP contribution >= 0.6 is 22.9 Å². The lowest BCUT2D eigenvalue weighted by Gasteiger charge is -2.22. The molecule has 0 aromatic rings. The number of amides is 1. The highest BCUT2D eigenvalue weighted by molar-refractivity contribution is 14.1. The van der Waals surface area contributed by atoms with Gasteiger partial charge < -0.3 is 10.2 Å². The van der Waals surface area contributed by atoms with Crippen LogP contribution in [0.3, 0.4) is 0 Å². The fourth-order valence-electron chi connectivity index (χ4n) is 2.73. The third-order valence-electron chi connectivity index (χ3n) is 3.70. The summed E-state index contributed by atoms with van der Waals surface area (Å²) >= 11 is 2.46. The highest BCUT2D eigenvalue weighted by Crippen LogP contribution is 2.40. The molecule has 0 aromatic heterocycles. The van der Waals surface area contributed by atoms with Crippen molar-refractivity contribution < 1.29 is 4.79 Å². The van der Waals surface area contributed by atoms with Gasteiger partial charge in [0, 0.05) is 68.1 Å². The van der Waals surface area contributed by atoms with Crippen molar-refractivity contribution in [2.24, 2.45) is 0 Å². The van der Waals surface area contributed by atoms with Crippen LogP contribution < -0.4 is 5.32 Å². The number of fused-ring (bicyclic) bond motifs is 2. The largest absolute Gasteiger partial charge is 0.349 e. The summed E-state index contributed by atoms with van der Waals surface area (Å²) in [6.45, 7) is 0.815. The van der Waals surface area contributed by atoms with E-state index in [9.17, 15) is 4.79 Å². The summed E-state index contributed by atoms with van der Waals surface area (Å²) in [5.41, 5.74) is 0. The van der Waals surface area contributed by atoms with Crippen molar-refractivity contribution in [1.29, 1.82) is 0 Å². The lowest BCUT2D eigenvalue weighted by Crippen LogP contribution is -2.40. The second-order valence-electron chi connectivity index (χ2n) is 4.98. The Morgan fingerprint density at radius 1 is 1.50 bits per heavy atom. The summed E-state index contributed by atoms with van der Waals surface area (Å²) in [7, 11) is 3.62. The van der Waals surface area contributed by atoms with E-state index in [4.69, 9.17) is 0 Å². The van der Waals surface area contributed by atoms with Crippen LogP contribution in [0.15, 0.2) is 0 Å². The van der Waals surface area contributed by atoms with Crippen LogP contribution in [0.25, 0.3) is 0 Å². The van der Waals surface area contributed by atoms with Gasteiger partial charge in [-0.1, -0.05) is 0 Å². The second-order valence-corrected chi connectivity index (χ2v) is 6.09. The fraction of sp³-hybridized carbons (Fsp3) is 0.909. The van der Waals surface area contributed by atoms with Gasteiger partial charge in [0.1, 0.15) is 0 Å². The molecule has 0 aromatic carbocycles. The molecule has 1 amide bonds. The SMILES string of the molecule is CN(C)C(=O)CCNC1C[C@H]2CC[C@@H]1N2I. The van der Waals surface area contributed by atoms with Gasteiger partial charge in [0.25, 0.3) is 0 Å². The molecule has 0 spiro atoms. The summed E-state index contributed by atoms with van der Waals surface area (Å²) in [5, 5.41) is 3.54. The maximum Gasteiger partial charge on any atom is 0.223 e. The van der Waals surface area contributed by atoms with Crippen LogP contribution in [0.5, 0.6) is 0 Å². The molecular formula is C11H20IN3O. The Morgan fingerprint density at radius 3 is 2.75 bits per heavy atom. The number of hydrogen-bond acceptors (Lipinski definition) is 3. The van der Waals surface area contributed by atoms with Gasteiger partial charge in [-0.15, -0.1) is 0 Å². The van der Waals surface area contributed by atoms with E-state index >= 15 is 0 Å². The van der Waals surface area contributed by atoms with Gasteiger partial charge in [0.2, 0.25) is 5.91 Å². The Kier molecular flexibility index (Phi) is 4.07. The number of nitrogens with zero attached hydrogens (tertiary/aromatic N) is 2. The van der Waals surface area contributed by atoms with Crippen molar-refractivity contribution in [2.75, 3.05) is 20.6 Å². The van der Waals surface area contributed by atoms with Crippen molar-refractivity contribution in [3.63, 3.8) is 0 Å². The van der Waals surface area contributed by atoms with Crippen LogP contribution in [-0.2, 0) is 4.79 Å². The molecule has 1 N–H and O–H groups in total. The minimum atomic E-state index is 0.210. The number of hydrogen-bond donors (Lipinski definition) is 1. The fourth-order valence-corrected chi connectivity index (χ4v) is 3.90. The van der Waals surface area contributed by atoms with Gasteiger partial charge in [-0.05, 0) is 19.3 Å². The van der Waals surface area contributed by atoms with Gasteiger partial charge in [-0.25, -0.2) is 3.11 Å². The lowest BCUT2D eigenvalue weighted by atomic mass is 9.95. The normalized spacial score (nSPS) is 33.3. The van der Waals surface area contributed by atoms with E-state index in [0.717, 1.165) is 12.6 Å². The van der Waals surface area contributed by atoms with E-state index < -0.39 is 0 Å². The molecule has 0 radical (unpaired) electrons. The Labute approximate surface area is 111 Å².